The Labute approximate surface area is 121 Å². The summed E-state index contributed by atoms with van der Waals surface area (Å²) in [5.41, 5.74) is 0.629. The number of anilines is 1. The van der Waals surface area contributed by atoms with Crippen molar-refractivity contribution in [2.75, 3.05) is 18.1 Å². The molecule has 0 fully saturated rings. The van der Waals surface area contributed by atoms with Crippen LogP contribution in [0.25, 0.3) is 10.9 Å². The molecule has 0 saturated heterocycles. The van der Waals surface area contributed by atoms with Gasteiger partial charge in [0.25, 0.3) is 0 Å². The smallest absolute Gasteiger partial charge is 0.374 e. The van der Waals surface area contributed by atoms with Gasteiger partial charge in [-0.15, -0.1) is 0 Å². The largest absolute Gasteiger partial charge is 0.475 e. The summed E-state index contributed by atoms with van der Waals surface area (Å²) in [6.45, 7) is 4.92. The van der Waals surface area contributed by atoms with Crippen LogP contribution in [0.1, 0.15) is 24.5 Å². The zero-order chi connectivity index (χ0) is 14.8. The Morgan fingerprint density at radius 1 is 1.35 bits per heavy atom. The monoisotopic (exact) mass is 291 g/mol. The van der Waals surface area contributed by atoms with Crippen LogP contribution in [-0.4, -0.2) is 38.6 Å². The lowest BCUT2D eigenvalue weighted by molar-refractivity contribution is 0.0684. The van der Waals surface area contributed by atoms with Crippen LogP contribution < -0.4 is 5.32 Å². The van der Waals surface area contributed by atoms with Crippen molar-refractivity contribution in [2.45, 2.75) is 18.6 Å². The minimum absolute atomic E-state index is 0.0371. The molecular weight excluding hydrogens is 274 g/mol. The Bertz CT molecular complexity index is 643. The molecule has 0 atom stereocenters. The van der Waals surface area contributed by atoms with E-state index in [4.69, 9.17) is 5.11 Å². The second kappa shape index (κ2) is 5.66. The molecule has 6 heteroatoms. The third kappa shape index (κ3) is 3.19. The van der Waals surface area contributed by atoms with Gasteiger partial charge in [0.2, 0.25) is 5.82 Å². The zero-order valence-electron chi connectivity index (χ0n) is 11.7. The Kier molecular flexibility index (Phi) is 4.13. The third-order valence-electron chi connectivity index (χ3n) is 3.03. The van der Waals surface area contributed by atoms with Gasteiger partial charge in [0.05, 0.1) is 5.52 Å². The van der Waals surface area contributed by atoms with Crippen molar-refractivity contribution in [3.8, 4) is 0 Å². The van der Waals surface area contributed by atoms with Crippen LogP contribution in [0.15, 0.2) is 24.3 Å². The fraction of sp³-hybridized carbons (Fsp3) is 0.357. The van der Waals surface area contributed by atoms with E-state index in [1.165, 1.54) is 0 Å². The molecule has 0 aliphatic rings. The number of carbonyl (C=O) groups is 1. The molecular formula is C14H17N3O2S. The number of aromatic carboxylic acids is 1. The Balaban J connectivity index is 2.42. The summed E-state index contributed by atoms with van der Waals surface area (Å²) in [5.74, 6) is -0.744. The quantitative estimate of drug-likeness (QED) is 0.882. The summed E-state index contributed by atoms with van der Waals surface area (Å²) in [6, 6.07) is 7.39. The summed E-state index contributed by atoms with van der Waals surface area (Å²) >= 11 is 1.74. The van der Waals surface area contributed by atoms with Gasteiger partial charge in [-0.05, 0) is 32.2 Å². The van der Waals surface area contributed by atoms with Gasteiger partial charge in [-0.3, -0.25) is 0 Å². The van der Waals surface area contributed by atoms with Crippen LogP contribution in [0.5, 0.6) is 0 Å². The van der Waals surface area contributed by atoms with Crippen molar-refractivity contribution in [1.82, 2.24) is 9.97 Å². The minimum atomic E-state index is -1.12. The number of para-hydroxylation sites is 1. The molecule has 0 unspecified atom stereocenters. The second-order valence-corrected chi connectivity index (χ2v) is 6.55. The second-order valence-electron chi connectivity index (χ2n) is 5.04. The van der Waals surface area contributed by atoms with Gasteiger partial charge in [-0.2, -0.15) is 11.8 Å². The lowest BCUT2D eigenvalue weighted by atomic mass is 10.2. The van der Waals surface area contributed by atoms with Gasteiger partial charge in [0, 0.05) is 16.7 Å². The molecule has 2 rings (SSSR count). The molecule has 0 radical (unpaired) electrons. The van der Waals surface area contributed by atoms with Crippen LogP contribution in [0.4, 0.5) is 5.82 Å². The summed E-state index contributed by atoms with van der Waals surface area (Å²) in [7, 11) is 0. The maximum absolute atomic E-state index is 11.1. The van der Waals surface area contributed by atoms with Gasteiger partial charge >= 0.3 is 5.97 Å². The molecule has 2 N–H and O–H groups in total. The number of benzene rings is 1. The summed E-state index contributed by atoms with van der Waals surface area (Å²) in [5, 5.41) is 13.2. The van der Waals surface area contributed by atoms with Crippen LogP contribution in [0.2, 0.25) is 0 Å². The van der Waals surface area contributed by atoms with Crippen molar-refractivity contribution in [3.63, 3.8) is 0 Å². The van der Waals surface area contributed by atoms with Crippen molar-refractivity contribution in [2.24, 2.45) is 0 Å². The Morgan fingerprint density at radius 2 is 2.05 bits per heavy atom. The summed E-state index contributed by atoms with van der Waals surface area (Å²) < 4.78 is 0.0371. The SMILES string of the molecule is CSC(C)(C)CNc1nc(C(=O)O)nc2ccccc12. The summed E-state index contributed by atoms with van der Waals surface area (Å²) in [6.07, 6.45) is 2.04. The topological polar surface area (TPSA) is 75.1 Å². The maximum Gasteiger partial charge on any atom is 0.374 e. The molecule has 1 aromatic carbocycles. The van der Waals surface area contributed by atoms with Gasteiger partial charge in [-0.1, -0.05) is 12.1 Å². The average molecular weight is 291 g/mol. The first-order chi connectivity index (χ1) is 9.43. The number of fused-ring (bicyclic) bond motifs is 1. The van der Waals surface area contributed by atoms with Crippen LogP contribution >= 0.6 is 11.8 Å². The molecule has 0 amide bonds. The van der Waals surface area contributed by atoms with Gasteiger partial charge in [0.1, 0.15) is 5.82 Å². The van der Waals surface area contributed by atoms with Gasteiger partial charge in [0.15, 0.2) is 0 Å². The van der Waals surface area contributed by atoms with E-state index >= 15 is 0 Å². The van der Waals surface area contributed by atoms with Crippen molar-refractivity contribution in [1.29, 1.82) is 0 Å². The minimum Gasteiger partial charge on any atom is -0.475 e. The van der Waals surface area contributed by atoms with E-state index in [0.29, 0.717) is 17.9 Å². The number of aromatic nitrogens is 2. The molecule has 1 heterocycles. The molecule has 1 aromatic heterocycles. The van der Waals surface area contributed by atoms with Gasteiger partial charge < -0.3 is 10.4 Å². The molecule has 0 aliphatic carbocycles. The number of nitrogens with zero attached hydrogens (tertiary/aromatic N) is 2. The normalized spacial score (nSPS) is 11.6. The molecule has 106 valence electrons. The van der Waals surface area contributed by atoms with E-state index in [9.17, 15) is 4.79 Å². The first kappa shape index (κ1) is 14.6. The van der Waals surface area contributed by atoms with Crippen molar-refractivity contribution >= 4 is 34.5 Å². The molecule has 0 spiro atoms. The van der Waals surface area contributed by atoms with Crippen LogP contribution in [0.3, 0.4) is 0 Å². The molecule has 0 bridgehead atoms. The molecule has 2 aromatic rings. The van der Waals surface area contributed by atoms with E-state index in [2.05, 4.69) is 29.1 Å². The lowest BCUT2D eigenvalue weighted by Gasteiger charge is -2.23. The third-order valence-corrected chi connectivity index (χ3v) is 4.28. The fourth-order valence-corrected chi connectivity index (χ4v) is 1.89. The predicted molar refractivity (Wildman–Crippen MR) is 82.6 cm³/mol. The summed E-state index contributed by atoms with van der Waals surface area (Å²) in [4.78, 5) is 19.2. The van der Waals surface area contributed by atoms with E-state index in [-0.39, 0.29) is 10.6 Å². The number of nitrogens with one attached hydrogen (secondary N) is 1. The van der Waals surface area contributed by atoms with E-state index in [1.54, 1.807) is 17.8 Å². The van der Waals surface area contributed by atoms with Crippen LogP contribution in [-0.2, 0) is 0 Å². The number of hydrogen-bond acceptors (Lipinski definition) is 5. The maximum atomic E-state index is 11.1. The fourth-order valence-electron chi connectivity index (χ4n) is 1.68. The number of hydrogen-bond donors (Lipinski definition) is 2. The molecule has 5 nitrogen and oxygen atoms in total. The highest BCUT2D eigenvalue weighted by molar-refractivity contribution is 7.99. The van der Waals surface area contributed by atoms with Gasteiger partial charge in [-0.25, -0.2) is 14.8 Å². The van der Waals surface area contributed by atoms with E-state index in [0.717, 1.165) is 5.39 Å². The highest BCUT2D eigenvalue weighted by Crippen LogP contribution is 2.24. The number of rotatable bonds is 5. The van der Waals surface area contributed by atoms with Crippen molar-refractivity contribution < 1.29 is 9.90 Å². The Morgan fingerprint density at radius 3 is 2.70 bits per heavy atom. The van der Waals surface area contributed by atoms with E-state index < -0.39 is 5.97 Å². The number of thioether (sulfide) groups is 1. The molecule has 0 saturated carbocycles. The average Bonchev–Trinajstić information content (AvgIpc) is 2.44. The molecule has 0 aliphatic heterocycles. The zero-order valence-corrected chi connectivity index (χ0v) is 12.5. The van der Waals surface area contributed by atoms with E-state index in [1.807, 2.05) is 24.5 Å². The first-order valence-corrected chi connectivity index (χ1v) is 7.44. The first-order valence-electron chi connectivity index (χ1n) is 6.22. The highest BCUT2D eigenvalue weighted by atomic mass is 32.2. The van der Waals surface area contributed by atoms with Crippen molar-refractivity contribution in [3.05, 3.63) is 30.1 Å². The number of carboxylic acid groups (broad SMARTS) is 1. The number of carboxylic acids is 1. The lowest BCUT2D eigenvalue weighted by Crippen LogP contribution is -2.26. The predicted octanol–water partition coefficient (Wildman–Crippen LogP) is 2.88. The van der Waals surface area contributed by atoms with Crippen LogP contribution in [0, 0.1) is 0 Å². The highest BCUT2D eigenvalue weighted by Gasteiger charge is 2.18. The molecule has 20 heavy (non-hydrogen) atoms. The standard InChI is InChI=1S/C14H17N3O2S/c1-14(2,20-3)8-15-11-9-6-4-5-7-10(9)16-12(17-11)13(18)19/h4-7H,8H2,1-3H3,(H,18,19)(H,15,16,17). The Hall–Kier alpha value is -1.82.